The Hall–Kier alpha value is -2.19. The molecule has 1 aromatic carbocycles. The van der Waals surface area contributed by atoms with Crippen molar-refractivity contribution >= 4 is 27.6 Å². The smallest absolute Gasteiger partial charge is 0.306 e. The molecular formula is C20H28N2O5S. The summed E-state index contributed by atoms with van der Waals surface area (Å²) in [5.74, 6) is -0.744. The van der Waals surface area contributed by atoms with E-state index in [1.54, 1.807) is 32.9 Å². The van der Waals surface area contributed by atoms with Crippen molar-refractivity contribution in [2.45, 2.75) is 44.9 Å². The number of allylic oxidation sites excluding steroid dienone is 2. The highest BCUT2D eigenvalue weighted by Crippen LogP contribution is 2.24. The van der Waals surface area contributed by atoms with Gasteiger partial charge >= 0.3 is 5.97 Å². The van der Waals surface area contributed by atoms with Gasteiger partial charge in [-0.2, -0.15) is 4.31 Å². The summed E-state index contributed by atoms with van der Waals surface area (Å²) in [4.78, 5) is 24.0. The zero-order chi connectivity index (χ0) is 20.7. The summed E-state index contributed by atoms with van der Waals surface area (Å²) in [6.45, 7) is 5.58. The molecule has 0 aliphatic heterocycles. The van der Waals surface area contributed by atoms with Gasteiger partial charge in [-0.3, -0.25) is 9.59 Å². The van der Waals surface area contributed by atoms with E-state index < -0.39 is 28.5 Å². The van der Waals surface area contributed by atoms with Crippen molar-refractivity contribution in [3.05, 3.63) is 35.9 Å². The number of aryl methyl sites for hydroxylation is 1. The Bertz CT molecular complexity index is 844. The van der Waals surface area contributed by atoms with E-state index in [4.69, 9.17) is 4.74 Å². The van der Waals surface area contributed by atoms with Gasteiger partial charge < -0.3 is 10.1 Å². The molecule has 0 heterocycles. The summed E-state index contributed by atoms with van der Waals surface area (Å²) in [6.07, 6.45) is 6.18. The molecule has 0 saturated carbocycles. The highest BCUT2D eigenvalue weighted by molar-refractivity contribution is 7.89. The molecule has 1 aliphatic rings. The highest BCUT2D eigenvalue weighted by atomic mass is 32.2. The van der Waals surface area contributed by atoms with Crippen LogP contribution in [0.15, 0.2) is 35.2 Å². The number of nitrogens with zero attached hydrogens (tertiary/aromatic N) is 1. The summed E-state index contributed by atoms with van der Waals surface area (Å²) in [5.41, 5.74) is 0.942. The quantitative estimate of drug-likeness (QED) is 0.501. The van der Waals surface area contributed by atoms with Gasteiger partial charge in [0.15, 0.2) is 6.61 Å². The minimum absolute atomic E-state index is 0.152. The van der Waals surface area contributed by atoms with E-state index in [-0.39, 0.29) is 17.2 Å². The largest absolute Gasteiger partial charge is 0.456 e. The van der Waals surface area contributed by atoms with E-state index in [2.05, 4.69) is 5.32 Å². The van der Waals surface area contributed by atoms with Crippen molar-refractivity contribution in [2.75, 3.05) is 25.0 Å². The summed E-state index contributed by atoms with van der Waals surface area (Å²) in [5, 5.41) is 2.59. The van der Waals surface area contributed by atoms with Gasteiger partial charge in [0.25, 0.3) is 5.91 Å². The predicted molar refractivity (Wildman–Crippen MR) is 107 cm³/mol. The third kappa shape index (κ3) is 5.65. The van der Waals surface area contributed by atoms with Crippen LogP contribution in [0.4, 0.5) is 5.69 Å². The van der Waals surface area contributed by atoms with Crippen LogP contribution in [0.5, 0.6) is 0 Å². The fourth-order valence-corrected chi connectivity index (χ4v) is 4.85. The molecule has 8 heteroatoms. The molecule has 0 radical (unpaired) electrons. The molecule has 1 amide bonds. The van der Waals surface area contributed by atoms with Gasteiger partial charge in [-0.15, -0.1) is 0 Å². The second-order valence-corrected chi connectivity index (χ2v) is 8.65. The van der Waals surface area contributed by atoms with Gasteiger partial charge in [0.05, 0.1) is 11.3 Å². The molecule has 0 unspecified atom stereocenters. The molecule has 0 aromatic heterocycles. The molecule has 0 bridgehead atoms. The normalized spacial score (nSPS) is 16.4. The lowest BCUT2D eigenvalue weighted by Gasteiger charge is -2.20. The van der Waals surface area contributed by atoms with E-state index in [0.717, 1.165) is 12.8 Å². The fourth-order valence-electron chi connectivity index (χ4n) is 3.14. The Kier molecular flexibility index (Phi) is 7.77. The molecule has 1 aromatic rings. The monoisotopic (exact) mass is 408 g/mol. The van der Waals surface area contributed by atoms with Gasteiger partial charge in [0, 0.05) is 18.8 Å². The SMILES string of the molecule is CCN(CC)S(=O)(=O)c1cc(NC(=O)COC(=O)C[C@H]2C=CCC2)ccc1C. The standard InChI is InChI=1S/C20H28N2O5S/c1-4-22(5-2)28(25,26)18-13-17(11-10-15(18)3)21-19(23)14-27-20(24)12-16-8-6-7-9-16/h6,8,10-11,13,16H,4-5,7,9,12,14H2,1-3H3,(H,21,23)/t16-/m0/s1. The van der Waals surface area contributed by atoms with Crippen molar-refractivity contribution in [2.24, 2.45) is 5.92 Å². The van der Waals surface area contributed by atoms with Crippen molar-refractivity contribution in [1.29, 1.82) is 0 Å². The minimum atomic E-state index is -3.64. The molecule has 0 saturated heterocycles. The first-order valence-corrected chi connectivity index (χ1v) is 10.9. The Morgan fingerprint density at radius 2 is 1.96 bits per heavy atom. The number of rotatable bonds is 9. The van der Waals surface area contributed by atoms with Crippen LogP contribution in [-0.2, 0) is 24.3 Å². The maximum absolute atomic E-state index is 12.8. The number of nitrogens with one attached hydrogen (secondary N) is 1. The number of carbonyl (C=O) groups excluding carboxylic acids is 2. The molecule has 1 N–H and O–H groups in total. The number of ether oxygens (including phenoxy) is 1. The maximum Gasteiger partial charge on any atom is 0.306 e. The van der Waals surface area contributed by atoms with E-state index in [1.165, 1.54) is 10.4 Å². The van der Waals surface area contributed by atoms with Crippen LogP contribution in [-0.4, -0.2) is 44.3 Å². The number of hydrogen-bond donors (Lipinski definition) is 1. The first-order chi connectivity index (χ1) is 13.3. The Morgan fingerprint density at radius 3 is 2.57 bits per heavy atom. The molecule has 0 spiro atoms. The second-order valence-electron chi connectivity index (χ2n) is 6.75. The summed E-state index contributed by atoms with van der Waals surface area (Å²) in [7, 11) is -3.64. The number of benzene rings is 1. The van der Waals surface area contributed by atoms with Crippen molar-refractivity contribution in [1.82, 2.24) is 4.31 Å². The number of anilines is 1. The maximum atomic E-state index is 12.8. The van der Waals surface area contributed by atoms with Crippen molar-refractivity contribution < 1.29 is 22.7 Å². The number of hydrogen-bond acceptors (Lipinski definition) is 5. The van der Waals surface area contributed by atoms with Gasteiger partial charge in [-0.25, -0.2) is 8.42 Å². The van der Waals surface area contributed by atoms with Crippen molar-refractivity contribution in [3.8, 4) is 0 Å². The van der Waals surface area contributed by atoms with Crippen LogP contribution in [0.2, 0.25) is 0 Å². The first-order valence-electron chi connectivity index (χ1n) is 9.50. The number of amides is 1. The second kappa shape index (κ2) is 9.84. The molecule has 7 nitrogen and oxygen atoms in total. The number of carbonyl (C=O) groups is 2. The lowest BCUT2D eigenvalue weighted by molar-refractivity contribution is -0.147. The molecule has 154 valence electrons. The highest BCUT2D eigenvalue weighted by Gasteiger charge is 2.24. The third-order valence-corrected chi connectivity index (χ3v) is 6.89. The summed E-state index contributed by atoms with van der Waals surface area (Å²) < 4.78 is 31.9. The fraction of sp³-hybridized carbons (Fsp3) is 0.500. The first kappa shape index (κ1) is 22.1. The minimum Gasteiger partial charge on any atom is -0.456 e. The summed E-state index contributed by atoms with van der Waals surface area (Å²) >= 11 is 0. The van der Waals surface area contributed by atoms with E-state index in [9.17, 15) is 18.0 Å². The summed E-state index contributed by atoms with van der Waals surface area (Å²) in [6, 6.07) is 4.70. The third-order valence-electron chi connectivity index (χ3n) is 4.70. The van der Waals surface area contributed by atoms with Crippen LogP contribution in [0, 0.1) is 12.8 Å². The zero-order valence-electron chi connectivity index (χ0n) is 16.6. The van der Waals surface area contributed by atoms with E-state index >= 15 is 0 Å². The van der Waals surface area contributed by atoms with E-state index in [1.807, 2.05) is 12.2 Å². The zero-order valence-corrected chi connectivity index (χ0v) is 17.4. The number of esters is 1. The van der Waals surface area contributed by atoms with Gasteiger partial charge in [-0.05, 0) is 43.4 Å². The lowest BCUT2D eigenvalue weighted by Crippen LogP contribution is -2.31. The Morgan fingerprint density at radius 1 is 1.25 bits per heavy atom. The molecule has 1 atom stereocenters. The van der Waals surface area contributed by atoms with E-state index in [0.29, 0.717) is 24.3 Å². The Labute approximate surface area is 166 Å². The van der Waals surface area contributed by atoms with Gasteiger partial charge in [0.1, 0.15) is 0 Å². The van der Waals surface area contributed by atoms with Crippen LogP contribution in [0.1, 0.15) is 38.7 Å². The van der Waals surface area contributed by atoms with Crippen LogP contribution in [0.25, 0.3) is 0 Å². The Balaban J connectivity index is 1.99. The number of sulfonamides is 1. The van der Waals surface area contributed by atoms with Crippen LogP contribution >= 0.6 is 0 Å². The van der Waals surface area contributed by atoms with Crippen LogP contribution in [0.3, 0.4) is 0 Å². The molecule has 0 fully saturated rings. The van der Waals surface area contributed by atoms with Gasteiger partial charge in [0.2, 0.25) is 10.0 Å². The average molecular weight is 409 g/mol. The predicted octanol–water partition coefficient (Wildman–Crippen LogP) is 2.86. The van der Waals surface area contributed by atoms with Gasteiger partial charge in [-0.1, -0.05) is 32.1 Å². The molecular weight excluding hydrogens is 380 g/mol. The van der Waals surface area contributed by atoms with Crippen LogP contribution < -0.4 is 5.32 Å². The average Bonchev–Trinajstić information content (AvgIpc) is 3.15. The van der Waals surface area contributed by atoms with Crippen molar-refractivity contribution in [3.63, 3.8) is 0 Å². The molecule has 2 rings (SSSR count). The molecule has 28 heavy (non-hydrogen) atoms. The molecule has 1 aliphatic carbocycles. The topological polar surface area (TPSA) is 92.8 Å². The lowest BCUT2D eigenvalue weighted by atomic mass is 10.1.